The van der Waals surface area contributed by atoms with Gasteiger partial charge in [-0.2, -0.15) is 0 Å². The van der Waals surface area contributed by atoms with Gasteiger partial charge in [0.25, 0.3) is 11.6 Å². The highest BCUT2D eigenvalue weighted by Crippen LogP contribution is 2.29. The van der Waals surface area contributed by atoms with Crippen LogP contribution in [0.4, 0.5) is 11.4 Å². The van der Waals surface area contributed by atoms with Gasteiger partial charge in [-0.1, -0.05) is 22.4 Å². The minimum atomic E-state index is -0.970. The molecule has 0 radical (unpaired) electrons. The van der Waals surface area contributed by atoms with E-state index in [4.69, 9.17) is 16.7 Å². The number of amides is 2. The molecule has 2 aromatic carbocycles. The molecule has 1 aromatic heterocycles. The van der Waals surface area contributed by atoms with Crippen molar-refractivity contribution >= 4 is 46.5 Å². The van der Waals surface area contributed by atoms with Gasteiger partial charge in [0.05, 0.1) is 30.1 Å². The van der Waals surface area contributed by atoms with Crippen molar-refractivity contribution in [3.8, 4) is 5.95 Å². The number of anilines is 2. The molecule has 11 nitrogen and oxygen atoms in total. The molecule has 12 heteroatoms. The van der Waals surface area contributed by atoms with Crippen LogP contribution in [0.2, 0.25) is 0 Å². The summed E-state index contributed by atoms with van der Waals surface area (Å²) in [6, 6.07) is 12.4. The average Bonchev–Trinajstić information content (AvgIpc) is 3.30. The number of thiocarbonyl (C=S) groups is 1. The normalized spacial score (nSPS) is 15.4. The fourth-order valence-corrected chi connectivity index (χ4v) is 4.19. The monoisotopic (exact) mass is 509 g/mol. The molecule has 3 aromatic rings. The number of hydrogen-bond acceptors (Lipinski definition) is 8. The van der Waals surface area contributed by atoms with Crippen LogP contribution in [0, 0.1) is 6.92 Å². The summed E-state index contributed by atoms with van der Waals surface area (Å²) in [5.74, 6) is -2.00. The first kappa shape index (κ1) is 24.8. The third-order valence-corrected chi connectivity index (χ3v) is 6.19. The first-order chi connectivity index (χ1) is 17.2. The molecule has 1 fully saturated rings. The van der Waals surface area contributed by atoms with Crippen LogP contribution in [0.5, 0.6) is 5.95 Å². The highest BCUT2D eigenvalue weighted by atomic mass is 32.1. The number of rotatable bonds is 7. The lowest BCUT2D eigenvalue weighted by Crippen LogP contribution is -2.42. The Kier molecular flexibility index (Phi) is 6.97. The van der Waals surface area contributed by atoms with Crippen molar-refractivity contribution in [1.82, 2.24) is 10.2 Å². The second-order valence-corrected chi connectivity index (χ2v) is 8.55. The summed E-state index contributed by atoms with van der Waals surface area (Å²) in [6.07, 6.45) is -0.233. The standard InChI is InChI=1S/C24H23N5O6S/c1-14-4-10-17(11-5-14)29-21(31)18(28(24(29)36)13-19-23(33)35-26-27(19)2)12-20(30)25-16-8-6-15(7-9-16)22(32)34-3/h4-11,18H,12-13H2,1-3H3,(H-,25,26,30,32,33). The number of aryl methyl sites for hydroxylation is 2. The third-order valence-electron chi connectivity index (χ3n) is 5.77. The second kappa shape index (κ2) is 10.1. The van der Waals surface area contributed by atoms with E-state index >= 15 is 0 Å². The summed E-state index contributed by atoms with van der Waals surface area (Å²) in [5.41, 5.74) is 2.52. The zero-order valence-corrected chi connectivity index (χ0v) is 20.6. The zero-order valence-electron chi connectivity index (χ0n) is 19.8. The first-order valence-electron chi connectivity index (χ1n) is 10.9. The molecule has 1 aliphatic rings. The van der Waals surface area contributed by atoms with Gasteiger partial charge in [0.15, 0.2) is 18.1 Å². The Morgan fingerprint density at radius 3 is 2.44 bits per heavy atom. The lowest BCUT2D eigenvalue weighted by molar-refractivity contribution is -0.746. The van der Waals surface area contributed by atoms with Crippen LogP contribution < -0.4 is 20.0 Å². The molecule has 4 rings (SSSR count). The van der Waals surface area contributed by atoms with Gasteiger partial charge in [-0.25, -0.2) is 4.79 Å². The Labute approximate surface area is 211 Å². The Hall–Kier alpha value is -4.32. The molecule has 0 spiro atoms. The van der Waals surface area contributed by atoms with E-state index in [1.165, 1.54) is 33.7 Å². The van der Waals surface area contributed by atoms with Crippen LogP contribution in [-0.2, 0) is 27.9 Å². The van der Waals surface area contributed by atoms with E-state index in [-0.39, 0.29) is 23.8 Å². The zero-order chi connectivity index (χ0) is 26.0. The summed E-state index contributed by atoms with van der Waals surface area (Å²) >= 11 is 5.62. The van der Waals surface area contributed by atoms with Crippen LogP contribution in [0.1, 0.15) is 28.0 Å². The number of nitrogens with zero attached hydrogens (tertiary/aromatic N) is 4. The van der Waals surface area contributed by atoms with Crippen molar-refractivity contribution in [3.05, 3.63) is 65.4 Å². The predicted octanol–water partition coefficient (Wildman–Crippen LogP) is 1.20. The molecule has 1 atom stereocenters. The number of methoxy groups -OCH3 is 1. The smallest absolute Gasteiger partial charge is 0.337 e. The molecule has 2 amide bonds. The van der Waals surface area contributed by atoms with E-state index in [2.05, 4.69) is 15.3 Å². The van der Waals surface area contributed by atoms with Gasteiger partial charge in [-0.15, -0.1) is 0 Å². The van der Waals surface area contributed by atoms with E-state index < -0.39 is 29.8 Å². The average molecular weight is 510 g/mol. The fraction of sp³-hybridized carbons (Fsp3) is 0.250. The first-order valence-corrected chi connectivity index (χ1v) is 11.3. The molecule has 2 heterocycles. The van der Waals surface area contributed by atoms with Crippen molar-refractivity contribution in [3.63, 3.8) is 0 Å². The van der Waals surface area contributed by atoms with Crippen LogP contribution in [0.3, 0.4) is 0 Å². The topological polar surface area (TPSA) is 132 Å². The molecule has 1 N–H and O–H groups in total. The fourth-order valence-electron chi connectivity index (χ4n) is 3.80. The Balaban J connectivity index is 1.58. The molecule has 36 heavy (non-hydrogen) atoms. The largest absolute Gasteiger partial charge is 0.539 e. The summed E-state index contributed by atoms with van der Waals surface area (Å²) in [7, 11) is 2.82. The molecule has 1 saturated heterocycles. The van der Waals surface area contributed by atoms with Crippen LogP contribution in [-0.4, -0.2) is 46.2 Å². The maximum Gasteiger partial charge on any atom is 0.337 e. The SMILES string of the molecule is COC(=O)c1ccc(NC(=O)CC2C(=O)N(c3ccc(C)cc3)C(=S)N2Cc2c([O-])on[n+]2C)cc1. The number of esters is 1. The molecule has 1 aliphatic heterocycles. The maximum atomic E-state index is 13.5. The van der Waals surface area contributed by atoms with Crippen LogP contribution in [0.25, 0.3) is 0 Å². The highest BCUT2D eigenvalue weighted by Gasteiger charge is 2.45. The minimum Gasteiger partial charge on any atom is -0.539 e. The molecule has 0 aliphatic carbocycles. The molecule has 0 bridgehead atoms. The van der Waals surface area contributed by atoms with Gasteiger partial charge in [0.1, 0.15) is 12.6 Å². The van der Waals surface area contributed by atoms with Crippen molar-refractivity contribution in [2.45, 2.75) is 25.9 Å². The van der Waals surface area contributed by atoms with E-state index in [0.717, 1.165) is 5.56 Å². The predicted molar refractivity (Wildman–Crippen MR) is 129 cm³/mol. The van der Waals surface area contributed by atoms with Crippen molar-refractivity contribution in [1.29, 1.82) is 0 Å². The minimum absolute atomic E-state index is 0.0719. The third kappa shape index (κ3) is 4.89. The second-order valence-electron chi connectivity index (χ2n) is 8.19. The van der Waals surface area contributed by atoms with Crippen LogP contribution >= 0.6 is 12.2 Å². The van der Waals surface area contributed by atoms with E-state index in [1.807, 2.05) is 19.1 Å². The van der Waals surface area contributed by atoms with Gasteiger partial charge < -0.3 is 24.6 Å². The summed E-state index contributed by atoms with van der Waals surface area (Å²) in [4.78, 5) is 40.9. The summed E-state index contributed by atoms with van der Waals surface area (Å²) in [5, 5.41) is 18.6. The number of carbonyl (C=O) groups is 3. The Bertz CT molecular complexity index is 1300. The van der Waals surface area contributed by atoms with Crippen LogP contribution in [0.15, 0.2) is 53.1 Å². The van der Waals surface area contributed by atoms with E-state index in [1.54, 1.807) is 31.3 Å². The quantitative estimate of drug-likeness (QED) is 0.283. The lowest BCUT2D eigenvalue weighted by Gasteiger charge is -2.22. The number of nitrogens with one attached hydrogen (secondary N) is 1. The number of ether oxygens (including phenoxy) is 1. The van der Waals surface area contributed by atoms with Crippen molar-refractivity contribution in [2.75, 3.05) is 17.3 Å². The van der Waals surface area contributed by atoms with Gasteiger partial charge in [-0.05, 0) is 55.5 Å². The van der Waals surface area contributed by atoms with Gasteiger partial charge >= 0.3 is 5.97 Å². The van der Waals surface area contributed by atoms with Crippen molar-refractivity contribution < 1.29 is 33.4 Å². The van der Waals surface area contributed by atoms with Gasteiger partial charge in [0.2, 0.25) is 5.91 Å². The molecule has 186 valence electrons. The highest BCUT2D eigenvalue weighted by molar-refractivity contribution is 7.80. The number of benzene rings is 2. The van der Waals surface area contributed by atoms with Crippen molar-refractivity contribution in [2.24, 2.45) is 7.05 Å². The molecular weight excluding hydrogens is 486 g/mol. The number of aromatic nitrogens is 2. The molecular formula is C24H23N5O6S. The Morgan fingerprint density at radius 1 is 1.19 bits per heavy atom. The lowest BCUT2D eigenvalue weighted by atomic mass is 10.1. The van der Waals surface area contributed by atoms with E-state index in [0.29, 0.717) is 16.9 Å². The van der Waals surface area contributed by atoms with Gasteiger partial charge in [-0.3, -0.25) is 14.5 Å². The number of hydrogen-bond donors (Lipinski definition) is 1. The maximum absolute atomic E-state index is 13.5. The van der Waals surface area contributed by atoms with Gasteiger partial charge in [0, 0.05) is 5.69 Å². The summed E-state index contributed by atoms with van der Waals surface area (Å²) < 4.78 is 10.6. The Morgan fingerprint density at radius 2 is 1.86 bits per heavy atom. The van der Waals surface area contributed by atoms with E-state index in [9.17, 15) is 19.5 Å². The number of carbonyl (C=O) groups excluding carboxylic acids is 3. The molecule has 1 unspecified atom stereocenters. The summed E-state index contributed by atoms with van der Waals surface area (Å²) in [6.45, 7) is 1.85. The molecule has 0 saturated carbocycles.